The zero-order chi connectivity index (χ0) is 19.3. The summed E-state index contributed by atoms with van der Waals surface area (Å²) < 4.78 is 22.2. The van der Waals surface area contributed by atoms with E-state index >= 15 is 0 Å². The van der Waals surface area contributed by atoms with Crippen LogP contribution in [0.15, 0.2) is 46.7 Å². The monoisotopic (exact) mass is 415 g/mol. The van der Waals surface area contributed by atoms with Gasteiger partial charge in [-0.3, -0.25) is 0 Å². The van der Waals surface area contributed by atoms with Gasteiger partial charge >= 0.3 is 0 Å². The number of benzene rings is 2. The average molecular weight is 416 g/mol. The van der Waals surface area contributed by atoms with Crippen LogP contribution in [0.3, 0.4) is 0 Å². The van der Waals surface area contributed by atoms with Crippen LogP contribution in [0.25, 0.3) is 10.6 Å². The van der Waals surface area contributed by atoms with Gasteiger partial charge in [-0.05, 0) is 36.4 Å². The van der Waals surface area contributed by atoms with Crippen molar-refractivity contribution in [3.8, 4) is 33.6 Å². The van der Waals surface area contributed by atoms with Crippen LogP contribution in [-0.4, -0.2) is 32.4 Å². The minimum absolute atomic E-state index is 0.696. The van der Waals surface area contributed by atoms with Gasteiger partial charge in [0.25, 0.3) is 0 Å². The first-order valence-corrected chi connectivity index (χ1v) is 10.8. The van der Waals surface area contributed by atoms with Crippen molar-refractivity contribution < 1.29 is 18.9 Å². The summed E-state index contributed by atoms with van der Waals surface area (Å²) in [4.78, 5) is 5.92. The van der Waals surface area contributed by atoms with E-state index in [-0.39, 0.29) is 0 Å². The number of aromatic nitrogens is 1. The van der Waals surface area contributed by atoms with Gasteiger partial charge in [0, 0.05) is 28.0 Å². The second kappa shape index (κ2) is 8.75. The number of fused-ring (bicyclic) bond motifs is 1. The Hall–Kier alpha value is -2.38. The fourth-order valence-corrected chi connectivity index (χ4v) is 4.61. The van der Waals surface area contributed by atoms with Crippen molar-refractivity contribution in [3.63, 3.8) is 0 Å². The van der Waals surface area contributed by atoms with E-state index in [2.05, 4.69) is 11.4 Å². The lowest BCUT2D eigenvalue weighted by molar-refractivity contribution is 0.297. The van der Waals surface area contributed by atoms with Crippen LogP contribution >= 0.6 is 23.1 Å². The first-order valence-electron chi connectivity index (χ1n) is 8.96. The van der Waals surface area contributed by atoms with Crippen LogP contribution in [0.1, 0.15) is 12.1 Å². The van der Waals surface area contributed by atoms with E-state index in [9.17, 15) is 0 Å². The van der Waals surface area contributed by atoms with Crippen molar-refractivity contribution in [3.05, 3.63) is 47.5 Å². The summed E-state index contributed by atoms with van der Waals surface area (Å²) in [7, 11) is 3.27. The van der Waals surface area contributed by atoms with Crippen molar-refractivity contribution in [1.29, 1.82) is 0 Å². The Balaban J connectivity index is 1.45. The van der Waals surface area contributed by atoms with Crippen molar-refractivity contribution in [1.82, 2.24) is 4.98 Å². The SMILES string of the molecule is COc1ccc(-c2nc(CSc3ccc4c(c3)OCCCO4)cs2)cc1OC. The van der Waals surface area contributed by atoms with Gasteiger partial charge in [0.05, 0.1) is 33.1 Å². The molecule has 1 aliphatic rings. The minimum atomic E-state index is 0.696. The molecule has 0 unspecified atom stereocenters. The molecule has 0 aliphatic carbocycles. The van der Waals surface area contributed by atoms with Crippen LogP contribution in [0.4, 0.5) is 0 Å². The molecule has 0 bridgehead atoms. The van der Waals surface area contributed by atoms with Gasteiger partial charge in [-0.1, -0.05) is 0 Å². The second-order valence-electron chi connectivity index (χ2n) is 6.16. The van der Waals surface area contributed by atoms with Crippen LogP contribution in [0.5, 0.6) is 23.0 Å². The van der Waals surface area contributed by atoms with Crippen LogP contribution in [-0.2, 0) is 5.75 Å². The molecule has 0 N–H and O–H groups in total. The lowest BCUT2D eigenvalue weighted by Crippen LogP contribution is -1.97. The van der Waals surface area contributed by atoms with Gasteiger partial charge in [-0.15, -0.1) is 23.1 Å². The summed E-state index contributed by atoms with van der Waals surface area (Å²) in [5.74, 6) is 3.87. The van der Waals surface area contributed by atoms with Crippen LogP contribution in [0.2, 0.25) is 0 Å². The third-order valence-corrected chi connectivity index (χ3v) is 6.26. The number of nitrogens with zero attached hydrogens (tertiary/aromatic N) is 1. The Bertz CT molecular complexity index is 957. The number of ether oxygens (including phenoxy) is 4. The Labute approximate surface area is 172 Å². The number of hydrogen-bond acceptors (Lipinski definition) is 7. The molecule has 1 aromatic heterocycles. The highest BCUT2D eigenvalue weighted by Crippen LogP contribution is 2.36. The highest BCUT2D eigenvalue weighted by Gasteiger charge is 2.12. The lowest BCUT2D eigenvalue weighted by Gasteiger charge is -2.09. The summed E-state index contributed by atoms with van der Waals surface area (Å²) in [6, 6.07) is 12.0. The molecule has 1 aliphatic heterocycles. The quantitative estimate of drug-likeness (QED) is 0.511. The number of hydrogen-bond donors (Lipinski definition) is 0. The van der Waals surface area contributed by atoms with E-state index in [0.717, 1.165) is 44.8 Å². The maximum atomic E-state index is 5.77. The van der Waals surface area contributed by atoms with Crippen molar-refractivity contribution in [2.24, 2.45) is 0 Å². The van der Waals surface area contributed by atoms with E-state index in [0.29, 0.717) is 24.7 Å². The molecule has 0 saturated carbocycles. The van der Waals surface area contributed by atoms with Gasteiger partial charge in [0.1, 0.15) is 5.01 Å². The second-order valence-corrected chi connectivity index (χ2v) is 8.07. The molecule has 146 valence electrons. The molecule has 0 spiro atoms. The number of rotatable bonds is 6. The maximum absolute atomic E-state index is 5.77. The van der Waals surface area contributed by atoms with Gasteiger partial charge in [0.15, 0.2) is 23.0 Å². The summed E-state index contributed by atoms with van der Waals surface area (Å²) in [6.45, 7) is 1.40. The third kappa shape index (κ3) is 4.20. The normalized spacial score (nSPS) is 13.1. The van der Waals surface area contributed by atoms with E-state index < -0.39 is 0 Å². The molecule has 0 fully saturated rings. The molecule has 3 aromatic rings. The number of thiazole rings is 1. The smallest absolute Gasteiger partial charge is 0.162 e. The van der Waals surface area contributed by atoms with Gasteiger partial charge in [0.2, 0.25) is 0 Å². The molecule has 28 heavy (non-hydrogen) atoms. The Morgan fingerprint density at radius 2 is 1.82 bits per heavy atom. The first-order chi connectivity index (χ1) is 13.8. The lowest BCUT2D eigenvalue weighted by atomic mass is 10.2. The van der Waals surface area contributed by atoms with E-state index in [1.165, 1.54) is 0 Å². The van der Waals surface area contributed by atoms with Crippen LogP contribution in [0, 0.1) is 0 Å². The molecule has 2 aromatic carbocycles. The topological polar surface area (TPSA) is 49.8 Å². The minimum Gasteiger partial charge on any atom is -0.493 e. The molecule has 0 atom stereocenters. The van der Waals surface area contributed by atoms with E-state index in [4.69, 9.17) is 23.9 Å². The standard InChI is InChI=1S/C21H21NO4S2/c1-23-17-6-4-14(10-19(17)24-2)21-22-15(13-28-21)12-27-16-5-7-18-20(11-16)26-9-3-8-25-18/h4-7,10-11,13H,3,8-9,12H2,1-2H3. The van der Waals surface area contributed by atoms with Gasteiger partial charge < -0.3 is 18.9 Å². The van der Waals surface area contributed by atoms with Crippen molar-refractivity contribution in [2.75, 3.05) is 27.4 Å². The fourth-order valence-electron chi connectivity index (χ4n) is 2.87. The Morgan fingerprint density at radius 1 is 1.00 bits per heavy atom. The van der Waals surface area contributed by atoms with Gasteiger partial charge in [-0.2, -0.15) is 0 Å². The summed E-state index contributed by atoms with van der Waals surface area (Å²) >= 11 is 3.37. The predicted molar refractivity (Wildman–Crippen MR) is 112 cm³/mol. The molecule has 0 radical (unpaired) electrons. The predicted octanol–water partition coefficient (Wildman–Crippen LogP) is 5.28. The highest BCUT2D eigenvalue weighted by molar-refractivity contribution is 7.98. The molecular formula is C21H21NO4S2. The van der Waals surface area contributed by atoms with E-state index in [1.54, 1.807) is 37.3 Å². The fraction of sp³-hybridized carbons (Fsp3) is 0.286. The molecule has 0 saturated heterocycles. The first kappa shape index (κ1) is 19.0. The van der Waals surface area contributed by atoms with Crippen molar-refractivity contribution >= 4 is 23.1 Å². The molecule has 4 rings (SSSR count). The molecule has 0 amide bonds. The number of thioether (sulfide) groups is 1. The molecular weight excluding hydrogens is 394 g/mol. The maximum Gasteiger partial charge on any atom is 0.162 e. The average Bonchev–Trinajstić information content (AvgIpc) is 3.09. The number of methoxy groups -OCH3 is 2. The largest absolute Gasteiger partial charge is 0.493 e. The van der Waals surface area contributed by atoms with Crippen molar-refractivity contribution in [2.45, 2.75) is 17.1 Å². The summed E-state index contributed by atoms with van der Waals surface area (Å²) in [5.41, 5.74) is 2.07. The molecule has 5 nitrogen and oxygen atoms in total. The highest BCUT2D eigenvalue weighted by atomic mass is 32.2. The molecule has 2 heterocycles. The summed E-state index contributed by atoms with van der Waals surface area (Å²) in [6.07, 6.45) is 0.912. The zero-order valence-electron chi connectivity index (χ0n) is 15.8. The third-order valence-electron chi connectivity index (χ3n) is 4.29. The van der Waals surface area contributed by atoms with E-state index in [1.807, 2.05) is 30.3 Å². The Morgan fingerprint density at radius 3 is 2.64 bits per heavy atom. The van der Waals surface area contributed by atoms with Crippen LogP contribution < -0.4 is 18.9 Å². The summed E-state index contributed by atoms with van der Waals surface area (Å²) in [5, 5.41) is 3.07. The Kier molecular flexibility index (Phi) is 5.92. The zero-order valence-corrected chi connectivity index (χ0v) is 17.4. The molecule has 7 heteroatoms. The van der Waals surface area contributed by atoms with Gasteiger partial charge in [-0.25, -0.2) is 4.98 Å².